The number of benzene rings is 1. The maximum Gasteiger partial charge on any atom is 0.246 e. The van der Waals surface area contributed by atoms with E-state index in [1.807, 2.05) is 38.2 Å². The number of piperazine rings is 1. The lowest BCUT2D eigenvalue weighted by Crippen LogP contribution is -2.59. The van der Waals surface area contributed by atoms with Crippen LogP contribution in [0.3, 0.4) is 0 Å². The van der Waals surface area contributed by atoms with Gasteiger partial charge in [-0.3, -0.25) is 10.1 Å². The summed E-state index contributed by atoms with van der Waals surface area (Å²) < 4.78 is 5.20. The lowest BCUT2D eigenvalue weighted by molar-refractivity contribution is -0.139. The van der Waals surface area contributed by atoms with Crippen LogP contribution < -0.4 is 10.1 Å². The predicted molar refractivity (Wildman–Crippen MR) is 66.0 cm³/mol. The van der Waals surface area contributed by atoms with E-state index in [9.17, 15) is 4.79 Å². The van der Waals surface area contributed by atoms with Crippen LogP contribution in [0.4, 0.5) is 0 Å². The van der Waals surface area contributed by atoms with Crippen LogP contribution in [0.15, 0.2) is 24.3 Å². The van der Waals surface area contributed by atoms with Crippen LogP contribution >= 0.6 is 0 Å². The maximum absolute atomic E-state index is 12.3. The third kappa shape index (κ3) is 2.00. The van der Waals surface area contributed by atoms with Gasteiger partial charge in [0, 0.05) is 20.1 Å². The monoisotopic (exact) mass is 234 g/mol. The Kier molecular flexibility index (Phi) is 3.07. The summed E-state index contributed by atoms with van der Waals surface area (Å²) in [5, 5.41) is 3.30. The highest BCUT2D eigenvalue weighted by Gasteiger charge is 2.39. The fourth-order valence-electron chi connectivity index (χ4n) is 2.19. The van der Waals surface area contributed by atoms with E-state index in [1.54, 1.807) is 12.0 Å². The van der Waals surface area contributed by atoms with Crippen LogP contribution in [0.5, 0.6) is 5.75 Å². The largest absolute Gasteiger partial charge is 0.497 e. The second-order valence-corrected chi connectivity index (χ2v) is 4.51. The first-order chi connectivity index (χ1) is 8.08. The molecular weight excluding hydrogens is 216 g/mol. The number of nitrogens with zero attached hydrogens (tertiary/aromatic N) is 1. The van der Waals surface area contributed by atoms with Crippen molar-refractivity contribution in [2.24, 2.45) is 0 Å². The van der Waals surface area contributed by atoms with Gasteiger partial charge in [0.15, 0.2) is 0 Å². The molecule has 1 aromatic carbocycles. The smallest absolute Gasteiger partial charge is 0.246 e. The summed E-state index contributed by atoms with van der Waals surface area (Å²) in [5.41, 5.74) is 0.287. The molecule has 0 saturated carbocycles. The SMILES string of the molecule is COc1cccc(C2(C)NCCN(C)C2=O)c1. The molecule has 0 radical (unpaired) electrons. The Bertz CT molecular complexity index is 433. The zero-order valence-electron chi connectivity index (χ0n) is 10.5. The van der Waals surface area contributed by atoms with E-state index in [4.69, 9.17) is 4.74 Å². The second-order valence-electron chi connectivity index (χ2n) is 4.51. The second kappa shape index (κ2) is 4.37. The summed E-state index contributed by atoms with van der Waals surface area (Å²) in [6, 6.07) is 7.64. The number of likely N-dealkylation sites (N-methyl/N-ethyl adjacent to an activating group) is 1. The summed E-state index contributed by atoms with van der Waals surface area (Å²) >= 11 is 0. The van der Waals surface area contributed by atoms with Gasteiger partial charge in [0.05, 0.1) is 7.11 Å². The van der Waals surface area contributed by atoms with E-state index in [1.165, 1.54) is 0 Å². The molecule has 1 unspecified atom stereocenters. The molecule has 1 aliphatic heterocycles. The van der Waals surface area contributed by atoms with Gasteiger partial charge in [0.1, 0.15) is 11.3 Å². The van der Waals surface area contributed by atoms with E-state index < -0.39 is 5.54 Å². The molecule has 4 heteroatoms. The van der Waals surface area contributed by atoms with E-state index in [2.05, 4.69) is 5.32 Å². The molecule has 0 aromatic heterocycles. The Morgan fingerprint density at radius 3 is 2.94 bits per heavy atom. The van der Waals surface area contributed by atoms with Gasteiger partial charge < -0.3 is 9.64 Å². The molecule has 2 rings (SSSR count). The zero-order chi connectivity index (χ0) is 12.5. The Morgan fingerprint density at radius 2 is 2.24 bits per heavy atom. The Balaban J connectivity index is 2.39. The van der Waals surface area contributed by atoms with E-state index >= 15 is 0 Å². The fourth-order valence-corrected chi connectivity index (χ4v) is 2.19. The number of ether oxygens (including phenoxy) is 1. The normalized spacial score (nSPS) is 24.9. The molecular formula is C13H18N2O2. The number of rotatable bonds is 2. The highest BCUT2D eigenvalue weighted by Crippen LogP contribution is 2.27. The average Bonchev–Trinajstić information content (AvgIpc) is 2.36. The van der Waals surface area contributed by atoms with Crippen LogP contribution in [0.2, 0.25) is 0 Å². The quantitative estimate of drug-likeness (QED) is 0.829. The lowest BCUT2D eigenvalue weighted by Gasteiger charge is -2.39. The molecule has 0 aliphatic carbocycles. The van der Waals surface area contributed by atoms with Gasteiger partial charge in [0.25, 0.3) is 0 Å². The van der Waals surface area contributed by atoms with Crippen LogP contribution in [-0.4, -0.2) is 38.1 Å². The average molecular weight is 234 g/mol. The molecule has 17 heavy (non-hydrogen) atoms. The fraction of sp³-hybridized carbons (Fsp3) is 0.462. The standard InChI is InChI=1S/C13H18N2O2/c1-13(12(16)15(2)8-7-14-13)10-5-4-6-11(9-10)17-3/h4-6,9,14H,7-8H2,1-3H3. The Hall–Kier alpha value is -1.55. The van der Waals surface area contributed by atoms with Crippen LogP contribution in [0.1, 0.15) is 12.5 Å². The third-order valence-corrected chi connectivity index (χ3v) is 3.35. The topological polar surface area (TPSA) is 41.6 Å². The maximum atomic E-state index is 12.3. The van der Waals surface area contributed by atoms with E-state index in [0.717, 1.165) is 24.4 Å². The van der Waals surface area contributed by atoms with Gasteiger partial charge in [-0.1, -0.05) is 12.1 Å². The molecule has 1 fully saturated rings. The van der Waals surface area contributed by atoms with Gasteiger partial charge in [0.2, 0.25) is 5.91 Å². The minimum atomic E-state index is -0.651. The van der Waals surface area contributed by atoms with Crippen LogP contribution in [0, 0.1) is 0 Å². The molecule has 0 spiro atoms. The highest BCUT2D eigenvalue weighted by molar-refractivity contribution is 5.88. The molecule has 1 aliphatic rings. The molecule has 1 aromatic rings. The minimum Gasteiger partial charge on any atom is -0.497 e. The van der Waals surface area contributed by atoms with Crippen molar-refractivity contribution in [1.29, 1.82) is 0 Å². The third-order valence-electron chi connectivity index (χ3n) is 3.35. The summed E-state index contributed by atoms with van der Waals surface area (Å²) in [6.45, 7) is 3.47. The number of hydrogen-bond donors (Lipinski definition) is 1. The molecule has 1 heterocycles. The van der Waals surface area contributed by atoms with Crippen molar-refractivity contribution in [3.63, 3.8) is 0 Å². The summed E-state index contributed by atoms with van der Waals surface area (Å²) in [4.78, 5) is 14.0. The molecule has 92 valence electrons. The zero-order valence-corrected chi connectivity index (χ0v) is 10.5. The number of nitrogens with one attached hydrogen (secondary N) is 1. The molecule has 0 bridgehead atoms. The molecule has 4 nitrogen and oxygen atoms in total. The molecule has 1 amide bonds. The van der Waals surface area contributed by atoms with Crippen molar-refractivity contribution in [2.75, 3.05) is 27.2 Å². The van der Waals surface area contributed by atoms with Crippen molar-refractivity contribution >= 4 is 5.91 Å². The van der Waals surface area contributed by atoms with Crippen molar-refractivity contribution in [3.05, 3.63) is 29.8 Å². The lowest BCUT2D eigenvalue weighted by atomic mass is 9.88. The van der Waals surface area contributed by atoms with Gasteiger partial charge in [-0.15, -0.1) is 0 Å². The number of hydrogen-bond acceptors (Lipinski definition) is 3. The van der Waals surface area contributed by atoms with Gasteiger partial charge in [-0.25, -0.2) is 0 Å². The summed E-state index contributed by atoms with van der Waals surface area (Å²) in [6.07, 6.45) is 0. The van der Waals surface area contributed by atoms with Crippen LogP contribution in [-0.2, 0) is 10.3 Å². The Labute approximate surface area is 102 Å². The van der Waals surface area contributed by atoms with Crippen molar-refractivity contribution in [2.45, 2.75) is 12.5 Å². The predicted octanol–water partition coefficient (Wildman–Crippen LogP) is 0.972. The first-order valence-corrected chi connectivity index (χ1v) is 5.73. The summed E-state index contributed by atoms with van der Waals surface area (Å²) in [7, 11) is 3.46. The molecule has 1 saturated heterocycles. The first kappa shape index (κ1) is 11.9. The number of amides is 1. The van der Waals surface area contributed by atoms with Crippen LogP contribution in [0.25, 0.3) is 0 Å². The molecule has 1 atom stereocenters. The Morgan fingerprint density at radius 1 is 1.47 bits per heavy atom. The van der Waals surface area contributed by atoms with E-state index in [-0.39, 0.29) is 5.91 Å². The van der Waals surface area contributed by atoms with Crippen molar-refractivity contribution in [3.8, 4) is 5.75 Å². The van der Waals surface area contributed by atoms with Crippen molar-refractivity contribution < 1.29 is 9.53 Å². The number of carbonyl (C=O) groups is 1. The van der Waals surface area contributed by atoms with Crippen molar-refractivity contribution in [1.82, 2.24) is 10.2 Å². The number of carbonyl (C=O) groups excluding carboxylic acids is 1. The highest BCUT2D eigenvalue weighted by atomic mass is 16.5. The number of methoxy groups -OCH3 is 1. The molecule has 1 N–H and O–H groups in total. The van der Waals surface area contributed by atoms with E-state index in [0.29, 0.717) is 0 Å². The van der Waals surface area contributed by atoms with Gasteiger partial charge >= 0.3 is 0 Å². The van der Waals surface area contributed by atoms with Gasteiger partial charge in [-0.2, -0.15) is 0 Å². The minimum absolute atomic E-state index is 0.0944. The first-order valence-electron chi connectivity index (χ1n) is 5.73. The summed E-state index contributed by atoms with van der Waals surface area (Å²) in [5.74, 6) is 0.864. The van der Waals surface area contributed by atoms with Gasteiger partial charge in [-0.05, 0) is 24.6 Å².